The first kappa shape index (κ1) is 16.8. The topological polar surface area (TPSA) is 108 Å². The summed E-state index contributed by atoms with van der Waals surface area (Å²) in [6.07, 6.45) is -0.799. The van der Waals surface area contributed by atoms with E-state index in [-0.39, 0.29) is 22.9 Å². The standard InChI is InChI=1S/C15H16N2O5S/c1-21-13-9-5-8-12(14(13)23(16,19)20)17-15(18)22-10-11-6-3-2-4-7-11/h2-9H,10H2,1H3,(H,17,18)(H2,16,19,20). The van der Waals surface area contributed by atoms with Gasteiger partial charge in [0.05, 0.1) is 12.8 Å². The number of carbonyl (C=O) groups excluding carboxylic acids is 1. The average molecular weight is 336 g/mol. The molecular weight excluding hydrogens is 320 g/mol. The van der Waals surface area contributed by atoms with Gasteiger partial charge < -0.3 is 9.47 Å². The van der Waals surface area contributed by atoms with E-state index in [9.17, 15) is 13.2 Å². The van der Waals surface area contributed by atoms with Crippen LogP contribution in [0.5, 0.6) is 5.75 Å². The minimum absolute atomic E-state index is 0.00934. The van der Waals surface area contributed by atoms with Crippen molar-refractivity contribution in [3.05, 3.63) is 54.1 Å². The molecule has 2 rings (SSSR count). The summed E-state index contributed by atoms with van der Waals surface area (Å²) in [4.78, 5) is 11.5. The van der Waals surface area contributed by atoms with Crippen LogP contribution in [-0.4, -0.2) is 21.6 Å². The van der Waals surface area contributed by atoms with Crippen LogP contribution in [0.2, 0.25) is 0 Å². The molecule has 0 aliphatic rings. The number of rotatable bonds is 5. The zero-order valence-electron chi connectivity index (χ0n) is 12.4. The second-order valence-electron chi connectivity index (χ2n) is 4.57. The molecule has 0 unspecified atom stereocenters. The lowest BCUT2D eigenvalue weighted by Crippen LogP contribution is -2.19. The third-order valence-corrected chi connectivity index (χ3v) is 3.92. The molecule has 0 aliphatic heterocycles. The van der Waals surface area contributed by atoms with Gasteiger partial charge in [-0.05, 0) is 17.7 Å². The Hall–Kier alpha value is -2.58. The molecule has 23 heavy (non-hydrogen) atoms. The van der Waals surface area contributed by atoms with Gasteiger partial charge in [0, 0.05) is 0 Å². The Morgan fingerprint density at radius 2 is 1.83 bits per heavy atom. The highest BCUT2D eigenvalue weighted by molar-refractivity contribution is 7.89. The number of anilines is 1. The predicted molar refractivity (Wildman–Crippen MR) is 84.6 cm³/mol. The molecule has 3 N–H and O–H groups in total. The number of amides is 1. The van der Waals surface area contributed by atoms with Crippen LogP contribution in [0.25, 0.3) is 0 Å². The zero-order chi connectivity index (χ0) is 16.9. The van der Waals surface area contributed by atoms with Crippen LogP contribution in [0.1, 0.15) is 5.56 Å². The number of carbonyl (C=O) groups is 1. The lowest BCUT2D eigenvalue weighted by atomic mass is 10.2. The normalized spacial score (nSPS) is 10.9. The second-order valence-corrected chi connectivity index (χ2v) is 6.07. The fraction of sp³-hybridized carbons (Fsp3) is 0.133. The zero-order valence-corrected chi connectivity index (χ0v) is 13.2. The van der Waals surface area contributed by atoms with Crippen LogP contribution in [-0.2, 0) is 21.4 Å². The summed E-state index contributed by atoms with van der Waals surface area (Å²) >= 11 is 0. The number of hydrogen-bond donors (Lipinski definition) is 2. The van der Waals surface area contributed by atoms with Crippen LogP contribution in [0.3, 0.4) is 0 Å². The van der Waals surface area contributed by atoms with E-state index < -0.39 is 16.1 Å². The molecule has 0 saturated heterocycles. The molecule has 0 spiro atoms. The number of nitrogens with one attached hydrogen (secondary N) is 1. The van der Waals surface area contributed by atoms with Crippen molar-refractivity contribution in [3.8, 4) is 5.75 Å². The summed E-state index contributed by atoms with van der Waals surface area (Å²) in [5.41, 5.74) is 0.796. The Morgan fingerprint density at radius 1 is 1.13 bits per heavy atom. The number of sulfonamides is 1. The molecular formula is C15H16N2O5S. The van der Waals surface area contributed by atoms with Gasteiger partial charge >= 0.3 is 6.09 Å². The van der Waals surface area contributed by atoms with Gasteiger partial charge in [-0.25, -0.2) is 18.4 Å². The van der Waals surface area contributed by atoms with Crippen molar-refractivity contribution in [2.24, 2.45) is 5.14 Å². The molecule has 0 aliphatic carbocycles. The van der Waals surface area contributed by atoms with E-state index >= 15 is 0 Å². The Kier molecular flexibility index (Phi) is 5.20. The lowest BCUT2D eigenvalue weighted by molar-refractivity contribution is 0.155. The highest BCUT2D eigenvalue weighted by Gasteiger charge is 2.21. The highest BCUT2D eigenvalue weighted by Crippen LogP contribution is 2.30. The molecule has 2 aromatic carbocycles. The van der Waals surface area contributed by atoms with Crippen molar-refractivity contribution in [3.63, 3.8) is 0 Å². The van der Waals surface area contributed by atoms with Gasteiger partial charge in [0.1, 0.15) is 17.3 Å². The summed E-state index contributed by atoms with van der Waals surface area (Å²) in [7, 11) is -2.78. The smallest absolute Gasteiger partial charge is 0.411 e. The summed E-state index contributed by atoms with van der Waals surface area (Å²) < 4.78 is 33.4. The molecule has 2 aromatic rings. The molecule has 1 amide bonds. The van der Waals surface area contributed by atoms with Crippen LogP contribution in [0.15, 0.2) is 53.4 Å². The lowest BCUT2D eigenvalue weighted by Gasteiger charge is -2.13. The maximum atomic E-state index is 11.9. The van der Waals surface area contributed by atoms with E-state index in [0.29, 0.717) is 0 Å². The van der Waals surface area contributed by atoms with Gasteiger partial charge in [0.15, 0.2) is 0 Å². The predicted octanol–water partition coefficient (Wildman–Crippen LogP) is 2.09. The van der Waals surface area contributed by atoms with E-state index in [1.807, 2.05) is 18.2 Å². The third kappa shape index (κ3) is 4.44. The van der Waals surface area contributed by atoms with Gasteiger partial charge in [-0.2, -0.15) is 0 Å². The maximum Gasteiger partial charge on any atom is 0.411 e. The fourth-order valence-corrected chi connectivity index (χ4v) is 2.80. The van der Waals surface area contributed by atoms with Crippen LogP contribution >= 0.6 is 0 Å². The van der Waals surface area contributed by atoms with Gasteiger partial charge in [-0.15, -0.1) is 0 Å². The quantitative estimate of drug-likeness (QED) is 0.869. The Morgan fingerprint density at radius 3 is 2.43 bits per heavy atom. The molecule has 0 atom stereocenters. The van der Waals surface area contributed by atoms with Crippen molar-refractivity contribution in [2.45, 2.75) is 11.5 Å². The first-order valence-corrected chi connectivity index (χ1v) is 8.14. The van der Waals surface area contributed by atoms with Gasteiger partial charge in [0.2, 0.25) is 10.0 Å². The third-order valence-electron chi connectivity index (χ3n) is 2.93. The van der Waals surface area contributed by atoms with E-state index in [1.54, 1.807) is 12.1 Å². The monoisotopic (exact) mass is 336 g/mol. The number of primary sulfonamides is 1. The van der Waals surface area contributed by atoms with Crippen LogP contribution in [0.4, 0.5) is 10.5 Å². The molecule has 0 heterocycles. The van der Waals surface area contributed by atoms with Crippen molar-refractivity contribution in [2.75, 3.05) is 12.4 Å². The van der Waals surface area contributed by atoms with Crippen molar-refractivity contribution < 1.29 is 22.7 Å². The number of hydrogen-bond acceptors (Lipinski definition) is 5. The average Bonchev–Trinajstić information content (AvgIpc) is 2.52. The summed E-state index contributed by atoms with van der Waals surface area (Å²) in [5.74, 6) is 0.0355. The van der Waals surface area contributed by atoms with Crippen molar-refractivity contribution >= 4 is 21.8 Å². The molecule has 0 saturated carbocycles. The van der Waals surface area contributed by atoms with Gasteiger partial charge in [0.25, 0.3) is 0 Å². The number of methoxy groups -OCH3 is 1. The van der Waals surface area contributed by atoms with E-state index in [4.69, 9.17) is 14.6 Å². The fourth-order valence-electron chi connectivity index (χ4n) is 1.94. The Bertz CT molecular complexity index is 791. The van der Waals surface area contributed by atoms with Gasteiger partial charge in [-0.3, -0.25) is 5.32 Å². The van der Waals surface area contributed by atoms with E-state index in [2.05, 4.69) is 5.32 Å². The molecule has 7 nitrogen and oxygen atoms in total. The summed E-state index contributed by atoms with van der Waals surface area (Å²) in [5, 5.41) is 7.54. The molecule has 0 bridgehead atoms. The van der Waals surface area contributed by atoms with Gasteiger partial charge in [-0.1, -0.05) is 36.4 Å². The van der Waals surface area contributed by atoms with Crippen LogP contribution < -0.4 is 15.2 Å². The molecule has 0 fully saturated rings. The minimum Gasteiger partial charge on any atom is -0.495 e. The van der Waals surface area contributed by atoms with Crippen LogP contribution in [0, 0.1) is 0 Å². The Labute approximate surface area is 134 Å². The summed E-state index contributed by atoms with van der Waals surface area (Å²) in [6, 6.07) is 13.4. The second kappa shape index (κ2) is 7.12. The SMILES string of the molecule is COc1cccc(NC(=O)OCc2ccccc2)c1S(N)(=O)=O. The minimum atomic E-state index is -4.08. The number of ether oxygens (including phenoxy) is 2. The maximum absolute atomic E-state index is 11.9. The van der Waals surface area contributed by atoms with E-state index in [1.165, 1.54) is 25.3 Å². The Balaban J connectivity index is 2.15. The van der Waals surface area contributed by atoms with Crippen molar-refractivity contribution in [1.82, 2.24) is 0 Å². The largest absolute Gasteiger partial charge is 0.495 e. The molecule has 0 radical (unpaired) electrons. The molecule has 122 valence electrons. The number of nitrogens with two attached hydrogens (primary N) is 1. The number of benzene rings is 2. The van der Waals surface area contributed by atoms with Crippen molar-refractivity contribution in [1.29, 1.82) is 0 Å². The van der Waals surface area contributed by atoms with E-state index in [0.717, 1.165) is 5.56 Å². The first-order chi connectivity index (χ1) is 10.9. The molecule has 0 aromatic heterocycles. The highest BCUT2D eigenvalue weighted by atomic mass is 32.2. The molecule has 8 heteroatoms. The first-order valence-electron chi connectivity index (χ1n) is 6.59. The summed E-state index contributed by atoms with van der Waals surface area (Å²) in [6.45, 7) is 0.0569.